The van der Waals surface area contributed by atoms with Gasteiger partial charge in [0.1, 0.15) is 6.10 Å². The summed E-state index contributed by atoms with van der Waals surface area (Å²) >= 11 is 0. The second kappa shape index (κ2) is 8.89. The fourth-order valence-corrected chi connectivity index (χ4v) is 4.08. The number of halogens is 3. The van der Waals surface area contributed by atoms with Gasteiger partial charge in [0.05, 0.1) is 10.5 Å². The lowest BCUT2D eigenvalue weighted by Gasteiger charge is -2.18. The predicted molar refractivity (Wildman–Crippen MR) is 91.1 cm³/mol. The second-order valence-electron chi connectivity index (χ2n) is 6.13. The number of hydrogen-bond donors (Lipinski definition) is 2. The van der Waals surface area contributed by atoms with Gasteiger partial charge in [-0.3, -0.25) is 4.84 Å². The molecule has 27 heavy (non-hydrogen) atoms. The number of benzene rings is 1. The summed E-state index contributed by atoms with van der Waals surface area (Å²) < 4.78 is 64.6. The van der Waals surface area contributed by atoms with E-state index in [2.05, 4.69) is 10.8 Å². The van der Waals surface area contributed by atoms with Crippen molar-refractivity contribution in [3.05, 3.63) is 29.8 Å². The first-order valence-electron chi connectivity index (χ1n) is 8.51. The van der Waals surface area contributed by atoms with E-state index in [9.17, 15) is 26.4 Å². The van der Waals surface area contributed by atoms with E-state index >= 15 is 0 Å². The molecule has 1 fully saturated rings. The van der Waals surface area contributed by atoms with Crippen LogP contribution in [0.5, 0.6) is 0 Å². The Bertz CT molecular complexity index is 756. The molecule has 0 radical (unpaired) electrons. The van der Waals surface area contributed by atoms with Gasteiger partial charge in [-0.05, 0) is 31.0 Å². The Morgan fingerprint density at radius 2 is 2.11 bits per heavy atom. The highest BCUT2D eigenvalue weighted by Crippen LogP contribution is 2.31. The molecule has 152 valence electrons. The highest BCUT2D eigenvalue weighted by atomic mass is 32.2. The number of sulfonamides is 1. The van der Waals surface area contributed by atoms with Gasteiger partial charge in [-0.25, -0.2) is 18.7 Å². The number of urea groups is 1. The lowest BCUT2D eigenvalue weighted by molar-refractivity contribution is -0.137. The Morgan fingerprint density at radius 3 is 2.78 bits per heavy atom. The van der Waals surface area contributed by atoms with Crippen molar-refractivity contribution in [3.63, 3.8) is 0 Å². The third-order valence-electron chi connectivity index (χ3n) is 4.04. The highest BCUT2D eigenvalue weighted by Gasteiger charge is 2.36. The van der Waals surface area contributed by atoms with E-state index in [1.165, 1.54) is 0 Å². The molecule has 0 bridgehead atoms. The van der Waals surface area contributed by atoms with E-state index in [-0.39, 0.29) is 13.1 Å². The number of carbonyl (C=O) groups is 1. The molecule has 1 aromatic rings. The number of rotatable bonds is 7. The average molecular weight is 409 g/mol. The van der Waals surface area contributed by atoms with Gasteiger partial charge in [0.2, 0.25) is 10.0 Å². The molecular weight excluding hydrogens is 387 g/mol. The smallest absolute Gasteiger partial charge is 0.336 e. The van der Waals surface area contributed by atoms with Gasteiger partial charge in [0, 0.05) is 19.6 Å². The van der Waals surface area contributed by atoms with Crippen molar-refractivity contribution >= 4 is 16.1 Å². The molecule has 0 spiro atoms. The number of unbranched alkanes of at least 4 members (excludes halogenated alkanes) is 1. The molecule has 1 heterocycles. The number of nitrogens with zero attached hydrogens (tertiary/aromatic N) is 1. The van der Waals surface area contributed by atoms with E-state index in [0.717, 1.165) is 35.3 Å². The van der Waals surface area contributed by atoms with Crippen LogP contribution in [0.25, 0.3) is 0 Å². The van der Waals surface area contributed by atoms with Crippen LogP contribution in [0.15, 0.2) is 29.2 Å². The van der Waals surface area contributed by atoms with Crippen molar-refractivity contribution in [2.75, 3.05) is 19.6 Å². The number of hydroxylamine groups is 1. The third-order valence-corrected chi connectivity index (χ3v) is 5.90. The minimum absolute atomic E-state index is 0.0617. The lowest BCUT2D eigenvalue weighted by atomic mass is 10.2. The van der Waals surface area contributed by atoms with Crippen molar-refractivity contribution in [2.45, 2.75) is 43.4 Å². The van der Waals surface area contributed by atoms with Crippen LogP contribution in [-0.2, 0) is 21.0 Å². The molecule has 1 saturated heterocycles. The van der Waals surface area contributed by atoms with Crippen molar-refractivity contribution in [1.82, 2.24) is 15.1 Å². The molecule has 1 aliphatic rings. The average Bonchev–Trinajstić information content (AvgIpc) is 3.09. The Morgan fingerprint density at radius 1 is 1.37 bits per heavy atom. The maximum Gasteiger partial charge on any atom is 0.416 e. The molecule has 0 saturated carbocycles. The van der Waals surface area contributed by atoms with Crippen LogP contribution in [0.2, 0.25) is 0 Å². The number of hydrogen-bond acceptors (Lipinski definition) is 4. The Labute approximate surface area is 155 Å². The molecule has 0 aliphatic carbocycles. The fraction of sp³-hybridized carbons (Fsp3) is 0.562. The number of alkyl halides is 3. The molecule has 11 heteroatoms. The zero-order valence-corrected chi connectivity index (χ0v) is 15.6. The Hall–Kier alpha value is -1.85. The van der Waals surface area contributed by atoms with E-state index in [1.54, 1.807) is 0 Å². The largest absolute Gasteiger partial charge is 0.416 e. The van der Waals surface area contributed by atoms with Crippen LogP contribution in [-0.4, -0.2) is 44.5 Å². The first-order valence-corrected chi connectivity index (χ1v) is 9.95. The summed E-state index contributed by atoms with van der Waals surface area (Å²) in [5.74, 6) is 0. The van der Waals surface area contributed by atoms with Gasteiger partial charge in [0.25, 0.3) is 0 Å². The monoisotopic (exact) mass is 409 g/mol. The van der Waals surface area contributed by atoms with Crippen LogP contribution < -0.4 is 10.8 Å². The summed E-state index contributed by atoms with van der Waals surface area (Å²) in [5, 5.41) is 2.58. The van der Waals surface area contributed by atoms with Crippen molar-refractivity contribution < 1.29 is 31.2 Å². The minimum atomic E-state index is -4.63. The minimum Gasteiger partial charge on any atom is -0.336 e. The fourth-order valence-electron chi connectivity index (χ4n) is 2.55. The lowest BCUT2D eigenvalue weighted by Crippen LogP contribution is -2.39. The van der Waals surface area contributed by atoms with E-state index in [1.807, 2.05) is 6.92 Å². The summed E-state index contributed by atoms with van der Waals surface area (Å²) in [6, 6.07) is 3.08. The molecule has 1 aliphatic heterocycles. The summed E-state index contributed by atoms with van der Waals surface area (Å²) in [5.41, 5.74) is 1.18. The van der Waals surface area contributed by atoms with E-state index < -0.39 is 38.8 Å². The maximum absolute atomic E-state index is 12.8. The van der Waals surface area contributed by atoms with Gasteiger partial charge in [-0.1, -0.05) is 19.4 Å². The van der Waals surface area contributed by atoms with E-state index in [4.69, 9.17) is 4.84 Å². The molecule has 7 nitrogen and oxygen atoms in total. The standard InChI is InChI=1S/C16H22F3N3O4S/c1-2-3-8-20-15(23)21-26-13-7-9-22(11-13)27(24,25)14-6-4-5-12(10-14)16(17,18)19/h4-6,10,13H,2-3,7-9,11H2,1H3,(H2,20,21,23). The molecule has 1 atom stereocenters. The van der Waals surface area contributed by atoms with Gasteiger partial charge in [-0.15, -0.1) is 0 Å². The van der Waals surface area contributed by atoms with Crippen LogP contribution in [0.3, 0.4) is 0 Å². The van der Waals surface area contributed by atoms with Crippen molar-refractivity contribution in [3.8, 4) is 0 Å². The van der Waals surface area contributed by atoms with Gasteiger partial charge in [-0.2, -0.15) is 17.5 Å². The molecule has 0 aromatic heterocycles. The normalized spacial score (nSPS) is 18.4. The number of carbonyl (C=O) groups excluding carboxylic acids is 1. The summed E-state index contributed by atoms with van der Waals surface area (Å²) in [6.45, 7) is 2.50. The van der Waals surface area contributed by atoms with Crippen LogP contribution in [0.4, 0.5) is 18.0 Å². The summed E-state index contributed by atoms with van der Waals surface area (Å²) in [6.07, 6.45) is -3.15. The predicted octanol–water partition coefficient (Wildman–Crippen LogP) is 2.50. The zero-order chi connectivity index (χ0) is 20.1. The highest BCUT2D eigenvalue weighted by molar-refractivity contribution is 7.89. The number of nitrogens with one attached hydrogen (secondary N) is 2. The summed E-state index contributed by atoms with van der Waals surface area (Å²) in [4.78, 5) is 16.3. The maximum atomic E-state index is 12.8. The van der Waals surface area contributed by atoms with Crippen molar-refractivity contribution in [1.29, 1.82) is 0 Å². The number of amides is 2. The Balaban J connectivity index is 1.95. The summed E-state index contributed by atoms with van der Waals surface area (Å²) in [7, 11) is -4.09. The van der Waals surface area contributed by atoms with Crippen LogP contribution in [0.1, 0.15) is 31.7 Å². The first-order chi connectivity index (χ1) is 12.6. The topological polar surface area (TPSA) is 87.7 Å². The van der Waals surface area contributed by atoms with E-state index in [0.29, 0.717) is 19.0 Å². The molecular formula is C16H22F3N3O4S. The zero-order valence-electron chi connectivity index (χ0n) is 14.8. The Kier molecular flexibility index (Phi) is 7.06. The molecule has 1 aromatic carbocycles. The molecule has 2 N–H and O–H groups in total. The second-order valence-corrected chi connectivity index (χ2v) is 8.07. The SMILES string of the molecule is CCCCNC(=O)NOC1CCN(S(=O)(=O)c2cccc(C(F)(F)F)c2)C1. The first kappa shape index (κ1) is 21.5. The molecule has 1 unspecified atom stereocenters. The van der Waals surface area contributed by atoms with Crippen LogP contribution >= 0.6 is 0 Å². The van der Waals surface area contributed by atoms with Gasteiger partial charge < -0.3 is 5.32 Å². The van der Waals surface area contributed by atoms with Gasteiger partial charge in [0.15, 0.2) is 0 Å². The molecule has 2 amide bonds. The van der Waals surface area contributed by atoms with Crippen molar-refractivity contribution in [2.24, 2.45) is 0 Å². The third kappa shape index (κ3) is 5.81. The molecule has 2 rings (SSSR count). The quantitative estimate of drug-likeness (QED) is 0.535. The van der Waals surface area contributed by atoms with Gasteiger partial charge >= 0.3 is 12.2 Å². The van der Waals surface area contributed by atoms with Crippen LogP contribution in [0, 0.1) is 0 Å².